The van der Waals surface area contributed by atoms with Crippen molar-refractivity contribution < 1.29 is 18.4 Å². The number of piperazine rings is 1. The second-order valence-corrected chi connectivity index (χ2v) is 9.83. The van der Waals surface area contributed by atoms with E-state index >= 15 is 0 Å². The van der Waals surface area contributed by atoms with Crippen LogP contribution >= 0.6 is 0 Å². The maximum Gasteiger partial charge on any atom is 0.251 e. The lowest BCUT2D eigenvalue weighted by atomic mass is 9.84. The van der Waals surface area contributed by atoms with Crippen molar-refractivity contribution in [2.75, 3.05) is 49.9 Å². The van der Waals surface area contributed by atoms with Crippen LogP contribution in [0.3, 0.4) is 0 Å². The molecule has 1 fully saturated rings. The fourth-order valence-corrected chi connectivity index (χ4v) is 6.55. The molecule has 1 aromatic rings. The zero-order valence-corrected chi connectivity index (χ0v) is 16.5. The zero-order chi connectivity index (χ0) is 19.8. The molecule has 1 aromatic carbocycles. The van der Waals surface area contributed by atoms with E-state index < -0.39 is 21.3 Å². The van der Waals surface area contributed by atoms with Crippen LogP contribution in [0.2, 0.25) is 0 Å². The molecule has 4 rings (SSSR count). The molecule has 152 valence electrons. The quantitative estimate of drug-likeness (QED) is 0.370. The van der Waals surface area contributed by atoms with E-state index in [1.807, 2.05) is 30.3 Å². The van der Waals surface area contributed by atoms with Gasteiger partial charge in [0.2, 0.25) is 10.0 Å². The first-order valence-electron chi connectivity index (χ1n) is 9.56. The van der Waals surface area contributed by atoms with Crippen LogP contribution in [0.25, 0.3) is 0 Å². The Kier molecular flexibility index (Phi) is 5.17. The van der Waals surface area contributed by atoms with Crippen LogP contribution in [-0.2, 0) is 14.8 Å². The Bertz CT molecular complexity index is 860. The van der Waals surface area contributed by atoms with E-state index in [1.165, 1.54) is 4.31 Å². The summed E-state index contributed by atoms with van der Waals surface area (Å²) in [7, 11) is -3.63. The van der Waals surface area contributed by atoms with E-state index in [2.05, 4.69) is 10.2 Å². The number of hydrogen-bond acceptors (Lipinski definition) is 6. The highest BCUT2D eigenvalue weighted by atomic mass is 32.2. The number of carbonyl (C=O) groups is 1. The van der Waals surface area contributed by atoms with Gasteiger partial charge < -0.3 is 10.2 Å². The molecule has 0 saturated carbocycles. The van der Waals surface area contributed by atoms with Gasteiger partial charge in [-0.05, 0) is 25.0 Å². The van der Waals surface area contributed by atoms with Gasteiger partial charge in [-0.15, -0.1) is 0 Å². The van der Waals surface area contributed by atoms with Gasteiger partial charge in [-0.3, -0.25) is 10.0 Å². The molecule has 0 aromatic heterocycles. The predicted molar refractivity (Wildman–Crippen MR) is 106 cm³/mol. The summed E-state index contributed by atoms with van der Waals surface area (Å²) in [4.78, 5) is 14.6. The molecule has 0 spiro atoms. The average Bonchev–Trinajstić information content (AvgIpc) is 3.27. The zero-order valence-electron chi connectivity index (χ0n) is 15.7. The number of rotatable bonds is 5. The van der Waals surface area contributed by atoms with Gasteiger partial charge in [-0.25, -0.2) is 13.9 Å². The highest BCUT2D eigenvalue weighted by Gasteiger charge is 2.49. The minimum atomic E-state index is -3.63. The van der Waals surface area contributed by atoms with Gasteiger partial charge in [0.05, 0.1) is 11.2 Å². The molecule has 1 saturated heterocycles. The second kappa shape index (κ2) is 7.47. The smallest absolute Gasteiger partial charge is 0.251 e. The van der Waals surface area contributed by atoms with Crippen molar-refractivity contribution in [3.8, 4) is 0 Å². The fraction of sp³-hybridized carbons (Fsp3) is 0.526. The Labute approximate surface area is 165 Å². The highest BCUT2D eigenvalue weighted by Crippen LogP contribution is 2.45. The highest BCUT2D eigenvalue weighted by molar-refractivity contribution is 7.89. The van der Waals surface area contributed by atoms with E-state index in [4.69, 9.17) is 0 Å². The van der Waals surface area contributed by atoms with E-state index in [1.54, 1.807) is 5.48 Å². The number of amides is 1. The summed E-state index contributed by atoms with van der Waals surface area (Å²) in [6.45, 7) is 3.38. The summed E-state index contributed by atoms with van der Waals surface area (Å²) < 4.78 is 27.8. The summed E-state index contributed by atoms with van der Waals surface area (Å²) in [6, 6.07) is 9.93. The first-order chi connectivity index (χ1) is 13.4. The molecule has 1 amide bonds. The number of para-hydroxylation sites is 1. The number of benzene rings is 1. The van der Waals surface area contributed by atoms with Crippen molar-refractivity contribution in [2.24, 2.45) is 5.41 Å². The van der Waals surface area contributed by atoms with Crippen LogP contribution in [0, 0.1) is 5.41 Å². The molecular formula is C19H26N4O4S. The molecule has 2 heterocycles. The Balaban J connectivity index is 1.45. The first kappa shape index (κ1) is 19.4. The van der Waals surface area contributed by atoms with Crippen LogP contribution in [0.5, 0.6) is 0 Å². The van der Waals surface area contributed by atoms with Gasteiger partial charge in [-0.2, -0.15) is 4.31 Å². The van der Waals surface area contributed by atoms with Crippen molar-refractivity contribution in [2.45, 2.75) is 12.8 Å². The molecular weight excluding hydrogens is 380 g/mol. The molecule has 2 aliphatic heterocycles. The SMILES string of the molecule is O=C(NO)C1(CS(=O)(=O)N2CCN(c3ccccc3)CC2)CC2=C(CNC2)C1. The third-order valence-corrected chi connectivity index (χ3v) is 8.14. The van der Waals surface area contributed by atoms with Crippen LogP contribution in [0.1, 0.15) is 12.8 Å². The van der Waals surface area contributed by atoms with Gasteiger partial charge in [0.25, 0.3) is 5.91 Å². The topological polar surface area (TPSA) is 102 Å². The summed E-state index contributed by atoms with van der Waals surface area (Å²) in [5.41, 5.74) is 3.89. The van der Waals surface area contributed by atoms with Gasteiger partial charge in [0.15, 0.2) is 0 Å². The Morgan fingerprint density at radius 3 is 2.25 bits per heavy atom. The lowest BCUT2D eigenvalue weighted by molar-refractivity contribution is -0.138. The lowest BCUT2D eigenvalue weighted by Crippen LogP contribution is -2.53. The largest absolute Gasteiger partial charge is 0.369 e. The number of hydroxylamine groups is 1. The molecule has 0 bridgehead atoms. The van der Waals surface area contributed by atoms with Crippen molar-refractivity contribution in [1.29, 1.82) is 0 Å². The maximum absolute atomic E-state index is 13.1. The van der Waals surface area contributed by atoms with Gasteiger partial charge in [0, 0.05) is 45.0 Å². The maximum atomic E-state index is 13.1. The monoisotopic (exact) mass is 406 g/mol. The van der Waals surface area contributed by atoms with Crippen molar-refractivity contribution in [3.05, 3.63) is 41.5 Å². The van der Waals surface area contributed by atoms with Crippen molar-refractivity contribution in [3.63, 3.8) is 0 Å². The number of sulfonamides is 1. The average molecular weight is 407 g/mol. The summed E-state index contributed by atoms with van der Waals surface area (Å²) in [5, 5.41) is 12.5. The lowest BCUT2D eigenvalue weighted by Gasteiger charge is -2.37. The summed E-state index contributed by atoms with van der Waals surface area (Å²) in [6.07, 6.45) is 0.760. The van der Waals surface area contributed by atoms with E-state index in [0.29, 0.717) is 52.1 Å². The first-order valence-corrected chi connectivity index (χ1v) is 11.2. The molecule has 28 heavy (non-hydrogen) atoms. The third-order valence-electron chi connectivity index (χ3n) is 6.08. The number of hydrogen-bond donors (Lipinski definition) is 3. The summed E-state index contributed by atoms with van der Waals surface area (Å²) in [5.74, 6) is -0.876. The van der Waals surface area contributed by atoms with Gasteiger partial charge in [0.1, 0.15) is 0 Å². The molecule has 1 aliphatic carbocycles. The normalized spacial score (nSPS) is 22.4. The molecule has 3 N–H and O–H groups in total. The second-order valence-electron chi connectivity index (χ2n) is 7.86. The van der Waals surface area contributed by atoms with Crippen LogP contribution in [0.15, 0.2) is 41.5 Å². The number of nitrogens with one attached hydrogen (secondary N) is 2. The fourth-order valence-electron chi connectivity index (χ4n) is 4.62. The number of nitrogens with zero attached hydrogens (tertiary/aromatic N) is 2. The molecule has 0 radical (unpaired) electrons. The Hall–Kier alpha value is -1.94. The minimum Gasteiger partial charge on any atom is -0.369 e. The predicted octanol–water partition coefficient (Wildman–Crippen LogP) is 0.324. The van der Waals surface area contributed by atoms with Crippen LogP contribution in [-0.4, -0.2) is 68.9 Å². The molecule has 0 atom stereocenters. The number of anilines is 1. The minimum absolute atomic E-state index is 0.273. The van der Waals surface area contributed by atoms with E-state index in [-0.39, 0.29) is 5.75 Å². The van der Waals surface area contributed by atoms with Crippen LogP contribution < -0.4 is 15.7 Å². The summed E-state index contributed by atoms with van der Waals surface area (Å²) >= 11 is 0. The molecule has 8 nitrogen and oxygen atoms in total. The third kappa shape index (κ3) is 3.55. The van der Waals surface area contributed by atoms with Gasteiger partial charge in [-0.1, -0.05) is 29.3 Å². The van der Waals surface area contributed by atoms with E-state index in [9.17, 15) is 18.4 Å². The Morgan fingerprint density at radius 1 is 1.07 bits per heavy atom. The van der Waals surface area contributed by atoms with Crippen LogP contribution in [0.4, 0.5) is 5.69 Å². The standard InChI is InChI=1S/C19H26N4O4S/c24-18(21-25)19(10-15-12-20-13-16(15)11-19)14-28(26,27)23-8-6-22(7-9-23)17-4-2-1-3-5-17/h1-5,20,25H,6-14H2,(H,21,24). The molecule has 0 unspecified atom stereocenters. The molecule has 3 aliphatic rings. The van der Waals surface area contributed by atoms with Gasteiger partial charge >= 0.3 is 0 Å². The van der Waals surface area contributed by atoms with E-state index in [0.717, 1.165) is 16.8 Å². The number of carbonyl (C=O) groups excluding carboxylic acids is 1. The van der Waals surface area contributed by atoms with Crippen molar-refractivity contribution in [1.82, 2.24) is 15.1 Å². The Morgan fingerprint density at radius 2 is 1.68 bits per heavy atom. The van der Waals surface area contributed by atoms with Crippen molar-refractivity contribution >= 4 is 21.6 Å². The molecule has 9 heteroatoms.